The molecule has 2 unspecified atom stereocenters. The summed E-state index contributed by atoms with van der Waals surface area (Å²) >= 11 is 0. The Morgan fingerprint density at radius 3 is 2.48 bits per heavy atom. The first-order valence-corrected chi connectivity index (χ1v) is 10.8. The summed E-state index contributed by atoms with van der Waals surface area (Å²) in [5.41, 5.74) is 3.67. The van der Waals surface area contributed by atoms with Crippen molar-refractivity contribution < 1.29 is 17.9 Å². The normalized spacial score (nSPS) is 29.3. The molecule has 0 aromatic heterocycles. The topological polar surface area (TPSA) is 47.6 Å². The molecule has 1 aliphatic heterocycles. The molecule has 1 aliphatic carbocycles. The van der Waals surface area contributed by atoms with Gasteiger partial charge in [-0.25, -0.2) is 9.38 Å². The zero-order chi connectivity index (χ0) is 22.4. The van der Waals surface area contributed by atoms with Crippen molar-refractivity contribution in [2.24, 2.45) is 16.6 Å². The smallest absolute Gasteiger partial charge is 0.315 e. The van der Waals surface area contributed by atoms with E-state index in [0.717, 1.165) is 31.2 Å². The molecule has 1 fully saturated rings. The highest BCUT2D eigenvalue weighted by Gasteiger charge is 2.66. The van der Waals surface area contributed by atoms with Gasteiger partial charge in [0.15, 0.2) is 11.1 Å². The van der Waals surface area contributed by atoms with Crippen LogP contribution in [0.1, 0.15) is 62.6 Å². The number of amidine groups is 1. The van der Waals surface area contributed by atoms with Gasteiger partial charge in [-0.15, -0.1) is 0 Å². The summed E-state index contributed by atoms with van der Waals surface area (Å²) in [6.07, 6.45) is 3.92. The number of alkyl halides is 2. The average molecular weight is 431 g/mol. The fourth-order valence-electron chi connectivity index (χ4n) is 5.15. The predicted octanol–water partition coefficient (Wildman–Crippen LogP) is 5.93. The summed E-state index contributed by atoms with van der Waals surface area (Å²) in [6.45, 7) is 3.72. The Morgan fingerprint density at radius 2 is 1.77 bits per heavy atom. The number of nitrogens with two attached hydrogens (primary N) is 1. The number of halogens is 3. The molecule has 0 spiro atoms. The van der Waals surface area contributed by atoms with Gasteiger partial charge in [-0.1, -0.05) is 42.5 Å². The highest BCUT2D eigenvalue weighted by atomic mass is 19.3. The van der Waals surface area contributed by atoms with Crippen LogP contribution in [0, 0.1) is 11.7 Å². The quantitative estimate of drug-likeness (QED) is 0.654. The van der Waals surface area contributed by atoms with E-state index >= 15 is 8.78 Å². The number of benzene rings is 2. The van der Waals surface area contributed by atoms with Gasteiger partial charge in [0.2, 0.25) is 0 Å². The van der Waals surface area contributed by atoms with E-state index in [0.29, 0.717) is 11.8 Å². The maximum Gasteiger partial charge on any atom is 0.315 e. The first kappa shape index (κ1) is 21.7. The minimum Gasteiger partial charge on any atom is -0.453 e. The van der Waals surface area contributed by atoms with E-state index in [-0.39, 0.29) is 11.6 Å². The molecule has 0 saturated heterocycles. The van der Waals surface area contributed by atoms with Crippen LogP contribution in [0.3, 0.4) is 0 Å². The summed E-state index contributed by atoms with van der Waals surface area (Å²) in [6, 6.07) is 14.6. The molecular formula is C25H29F3N2O. The highest BCUT2D eigenvalue weighted by molar-refractivity contribution is 5.74. The van der Waals surface area contributed by atoms with Crippen LogP contribution < -0.4 is 5.73 Å². The monoisotopic (exact) mass is 430 g/mol. The third-order valence-electron chi connectivity index (χ3n) is 6.95. The van der Waals surface area contributed by atoms with Crippen LogP contribution in [-0.2, 0) is 16.7 Å². The minimum atomic E-state index is -3.46. The van der Waals surface area contributed by atoms with Crippen LogP contribution in [0.4, 0.5) is 13.2 Å². The van der Waals surface area contributed by atoms with Gasteiger partial charge in [0.1, 0.15) is 5.82 Å². The maximum absolute atomic E-state index is 15.4. The molecule has 2 aromatic rings. The summed E-state index contributed by atoms with van der Waals surface area (Å²) in [4.78, 5) is 3.90. The van der Waals surface area contributed by atoms with E-state index < -0.39 is 22.9 Å². The molecule has 3 nitrogen and oxygen atoms in total. The zero-order valence-electron chi connectivity index (χ0n) is 18.2. The van der Waals surface area contributed by atoms with Gasteiger partial charge in [0.25, 0.3) is 6.02 Å². The van der Waals surface area contributed by atoms with Gasteiger partial charge in [-0.05, 0) is 75.5 Å². The van der Waals surface area contributed by atoms with Crippen LogP contribution in [0.25, 0.3) is 0 Å². The van der Waals surface area contributed by atoms with E-state index in [1.165, 1.54) is 38.5 Å². The summed E-state index contributed by atoms with van der Waals surface area (Å²) in [5, 5.41) is 0. The SMILES string of the molecule is CC1(C)OC(N)=N[C@](C)(c2cc(CC3CCC(c4ccccc4)C3)ccc2F)C1(F)F. The third kappa shape index (κ3) is 3.70. The lowest BCUT2D eigenvalue weighted by molar-refractivity contribution is -0.208. The fraction of sp³-hybridized carbons (Fsp3) is 0.480. The molecular weight excluding hydrogens is 401 g/mol. The second kappa shape index (κ2) is 7.57. The first-order valence-electron chi connectivity index (χ1n) is 10.8. The van der Waals surface area contributed by atoms with E-state index in [9.17, 15) is 4.39 Å². The second-order valence-electron chi connectivity index (χ2n) is 9.51. The lowest BCUT2D eigenvalue weighted by atomic mass is 9.76. The van der Waals surface area contributed by atoms with Gasteiger partial charge in [0.05, 0.1) is 0 Å². The lowest BCUT2D eigenvalue weighted by Gasteiger charge is -2.46. The van der Waals surface area contributed by atoms with Crippen LogP contribution in [0.5, 0.6) is 0 Å². The van der Waals surface area contributed by atoms with Crippen molar-refractivity contribution in [3.8, 4) is 0 Å². The fourth-order valence-corrected chi connectivity index (χ4v) is 5.15. The molecule has 0 amide bonds. The van der Waals surface area contributed by atoms with Crippen molar-refractivity contribution in [2.75, 3.05) is 0 Å². The molecule has 1 saturated carbocycles. The first-order chi connectivity index (χ1) is 14.5. The summed E-state index contributed by atoms with van der Waals surface area (Å²) in [7, 11) is 0. The number of aliphatic imine (C=N–C) groups is 1. The second-order valence-corrected chi connectivity index (χ2v) is 9.51. The van der Waals surface area contributed by atoms with Gasteiger partial charge in [-0.2, -0.15) is 8.78 Å². The van der Waals surface area contributed by atoms with Gasteiger partial charge < -0.3 is 10.5 Å². The van der Waals surface area contributed by atoms with Crippen LogP contribution in [-0.4, -0.2) is 17.5 Å². The Balaban J connectivity index is 1.60. The van der Waals surface area contributed by atoms with Crippen LogP contribution in [0.15, 0.2) is 53.5 Å². The Kier molecular flexibility index (Phi) is 5.31. The van der Waals surface area contributed by atoms with Gasteiger partial charge in [-0.3, -0.25) is 0 Å². The molecule has 31 heavy (non-hydrogen) atoms. The molecule has 2 aliphatic rings. The van der Waals surface area contributed by atoms with E-state index in [4.69, 9.17) is 10.5 Å². The molecule has 0 radical (unpaired) electrons. The number of ether oxygens (including phenoxy) is 1. The van der Waals surface area contributed by atoms with E-state index in [1.807, 2.05) is 6.07 Å². The van der Waals surface area contributed by atoms with Crippen LogP contribution in [0.2, 0.25) is 0 Å². The van der Waals surface area contributed by atoms with Crippen molar-refractivity contribution in [1.82, 2.24) is 0 Å². The van der Waals surface area contributed by atoms with Crippen LogP contribution >= 0.6 is 0 Å². The van der Waals surface area contributed by atoms with E-state index in [2.05, 4.69) is 29.3 Å². The van der Waals surface area contributed by atoms with Crippen molar-refractivity contribution >= 4 is 6.02 Å². The largest absolute Gasteiger partial charge is 0.453 e. The number of nitrogens with zero attached hydrogens (tertiary/aromatic N) is 1. The zero-order valence-corrected chi connectivity index (χ0v) is 18.2. The predicted molar refractivity (Wildman–Crippen MR) is 116 cm³/mol. The number of rotatable bonds is 4. The lowest BCUT2D eigenvalue weighted by Crippen LogP contribution is -2.62. The Morgan fingerprint density at radius 1 is 1.06 bits per heavy atom. The maximum atomic E-state index is 15.4. The van der Waals surface area contributed by atoms with Gasteiger partial charge in [0, 0.05) is 5.56 Å². The molecule has 2 N–H and O–H groups in total. The van der Waals surface area contributed by atoms with E-state index in [1.54, 1.807) is 6.07 Å². The Hall–Kier alpha value is -2.50. The van der Waals surface area contributed by atoms with Crippen molar-refractivity contribution in [3.05, 3.63) is 71.0 Å². The molecule has 0 bridgehead atoms. The van der Waals surface area contributed by atoms with Crippen molar-refractivity contribution in [1.29, 1.82) is 0 Å². The molecule has 4 rings (SSSR count). The third-order valence-corrected chi connectivity index (χ3v) is 6.95. The molecule has 166 valence electrons. The highest BCUT2D eigenvalue weighted by Crippen LogP contribution is 2.52. The molecule has 1 heterocycles. The average Bonchev–Trinajstić information content (AvgIpc) is 3.17. The molecule has 2 aromatic carbocycles. The summed E-state index contributed by atoms with van der Waals surface area (Å²) in [5.74, 6) is -3.24. The van der Waals surface area contributed by atoms with Crippen molar-refractivity contribution in [3.63, 3.8) is 0 Å². The molecule has 6 heteroatoms. The molecule has 3 atom stereocenters. The number of hydrogen-bond donors (Lipinski definition) is 1. The summed E-state index contributed by atoms with van der Waals surface area (Å²) < 4.78 is 50.7. The number of hydrogen-bond acceptors (Lipinski definition) is 3. The minimum absolute atomic E-state index is 0.146. The Bertz CT molecular complexity index is 990. The standard InChI is InChI=1S/C25H29F3N2O/c1-23(2)25(27,28)24(3,30-22(29)31-23)20-15-17(10-12-21(20)26)13-16-9-11-19(14-16)18-7-5-4-6-8-18/h4-8,10,12,15-16,19H,9,11,13-14H2,1-3H3,(H2,29,30)/t16?,19?,24-/m1/s1. The van der Waals surface area contributed by atoms with Gasteiger partial charge >= 0.3 is 5.92 Å². The van der Waals surface area contributed by atoms with Crippen molar-refractivity contribution in [2.45, 2.75) is 69.4 Å². The Labute approximate surface area is 181 Å².